The summed E-state index contributed by atoms with van der Waals surface area (Å²) in [4.78, 5) is 11.0. The molecule has 0 aromatic heterocycles. The van der Waals surface area contributed by atoms with E-state index in [9.17, 15) is 4.79 Å². The predicted molar refractivity (Wildman–Crippen MR) is 44.4 cm³/mol. The highest BCUT2D eigenvalue weighted by Crippen LogP contribution is 2.48. The highest BCUT2D eigenvalue weighted by atomic mass is 35.5. The number of carbonyl (C=O) groups is 1. The Morgan fingerprint density at radius 3 is 2.73 bits per heavy atom. The quantitative estimate of drug-likeness (QED) is 0.556. The minimum Gasteiger partial charge on any atom is -0.281 e. The van der Waals surface area contributed by atoms with Crippen molar-refractivity contribution in [3.63, 3.8) is 0 Å². The van der Waals surface area contributed by atoms with E-state index in [1.54, 1.807) is 0 Å². The van der Waals surface area contributed by atoms with E-state index in [0.717, 1.165) is 12.3 Å². The lowest BCUT2D eigenvalue weighted by atomic mass is 9.93. The summed E-state index contributed by atoms with van der Waals surface area (Å²) < 4.78 is 0. The zero-order valence-electron chi connectivity index (χ0n) is 6.55. The van der Waals surface area contributed by atoms with E-state index < -0.39 is 0 Å². The van der Waals surface area contributed by atoms with Gasteiger partial charge in [-0.2, -0.15) is 0 Å². The van der Waals surface area contributed by atoms with Crippen LogP contribution in [0.15, 0.2) is 0 Å². The number of hydrogen-bond donors (Lipinski definition) is 0. The lowest BCUT2D eigenvalue weighted by Gasteiger charge is -2.13. The largest absolute Gasteiger partial charge is 0.281 e. The van der Waals surface area contributed by atoms with Crippen molar-refractivity contribution in [3.05, 3.63) is 0 Å². The van der Waals surface area contributed by atoms with Crippen molar-refractivity contribution in [3.8, 4) is 0 Å². The molecule has 0 radical (unpaired) electrons. The van der Waals surface area contributed by atoms with Gasteiger partial charge in [0, 0.05) is 5.92 Å². The topological polar surface area (TPSA) is 17.1 Å². The molecule has 1 nitrogen and oxygen atoms in total. The van der Waals surface area contributed by atoms with Gasteiger partial charge < -0.3 is 0 Å². The third-order valence-corrected chi connectivity index (χ3v) is 3.65. The van der Waals surface area contributed by atoms with E-state index in [0.29, 0.717) is 5.92 Å². The average molecular weight is 173 g/mol. The normalized spacial score (nSPS) is 42.5. The maximum absolute atomic E-state index is 11.0. The fourth-order valence-electron chi connectivity index (χ4n) is 2.84. The van der Waals surface area contributed by atoms with Gasteiger partial charge in [0.2, 0.25) is 5.24 Å². The predicted octanol–water partition coefficient (Wildman–Crippen LogP) is 2.58. The Morgan fingerprint density at radius 2 is 2.00 bits per heavy atom. The van der Waals surface area contributed by atoms with Crippen molar-refractivity contribution in [2.75, 3.05) is 0 Å². The van der Waals surface area contributed by atoms with Crippen LogP contribution in [0.3, 0.4) is 0 Å². The molecule has 11 heavy (non-hydrogen) atoms. The molecule has 2 aliphatic carbocycles. The summed E-state index contributed by atoms with van der Waals surface area (Å²) in [6.07, 6.45) is 6.20. The van der Waals surface area contributed by atoms with Crippen molar-refractivity contribution in [1.29, 1.82) is 0 Å². The molecule has 0 heterocycles. The summed E-state index contributed by atoms with van der Waals surface area (Å²) in [5, 5.41) is -0.0839. The van der Waals surface area contributed by atoms with Gasteiger partial charge in [-0.25, -0.2) is 0 Å². The summed E-state index contributed by atoms with van der Waals surface area (Å²) in [5.74, 6) is 1.70. The van der Waals surface area contributed by atoms with Crippen LogP contribution >= 0.6 is 11.6 Å². The van der Waals surface area contributed by atoms with E-state index in [2.05, 4.69) is 0 Å². The van der Waals surface area contributed by atoms with Gasteiger partial charge in [-0.05, 0) is 42.7 Å². The molecular formula is C9H13ClO. The lowest BCUT2D eigenvalue weighted by Crippen LogP contribution is -2.14. The molecule has 0 saturated heterocycles. The number of halogens is 1. The van der Waals surface area contributed by atoms with Crippen LogP contribution in [-0.2, 0) is 4.79 Å². The van der Waals surface area contributed by atoms with Crippen molar-refractivity contribution in [2.24, 2.45) is 17.8 Å². The van der Waals surface area contributed by atoms with Crippen LogP contribution in [0, 0.1) is 17.8 Å². The minimum atomic E-state index is -0.0839. The molecule has 0 N–H and O–H groups in total. The molecule has 0 spiro atoms. The standard InChI is InChI=1S/C9H13ClO/c10-9(11)8-5-4-6-2-1-3-7(6)8/h6-8H,1-5H2/t6-,7-,8-/m1/s1. The van der Waals surface area contributed by atoms with Crippen molar-refractivity contribution < 1.29 is 4.79 Å². The first-order valence-electron chi connectivity index (χ1n) is 4.48. The highest BCUT2D eigenvalue weighted by molar-refractivity contribution is 6.64. The van der Waals surface area contributed by atoms with Gasteiger partial charge in [-0.15, -0.1) is 0 Å². The molecule has 0 aromatic carbocycles. The number of fused-ring (bicyclic) bond motifs is 1. The van der Waals surface area contributed by atoms with E-state index in [1.165, 1.54) is 25.7 Å². The SMILES string of the molecule is O=C(Cl)[C@@H]1CC[C@H]2CCC[C@H]21. The van der Waals surface area contributed by atoms with Crippen molar-refractivity contribution in [2.45, 2.75) is 32.1 Å². The monoisotopic (exact) mass is 172 g/mol. The molecule has 0 aliphatic heterocycles. The highest BCUT2D eigenvalue weighted by Gasteiger charge is 2.41. The maximum atomic E-state index is 11.0. The Balaban J connectivity index is 2.08. The molecule has 2 rings (SSSR count). The zero-order chi connectivity index (χ0) is 7.84. The van der Waals surface area contributed by atoms with Crippen LogP contribution in [0.4, 0.5) is 0 Å². The Kier molecular flexibility index (Phi) is 1.92. The smallest absolute Gasteiger partial charge is 0.225 e. The Morgan fingerprint density at radius 1 is 1.18 bits per heavy atom. The minimum absolute atomic E-state index is 0.0839. The molecule has 2 heteroatoms. The fraction of sp³-hybridized carbons (Fsp3) is 0.889. The first kappa shape index (κ1) is 7.60. The number of hydrogen-bond acceptors (Lipinski definition) is 1. The molecule has 0 unspecified atom stereocenters. The average Bonchev–Trinajstić information content (AvgIpc) is 2.41. The zero-order valence-corrected chi connectivity index (χ0v) is 7.31. The van der Waals surface area contributed by atoms with Crippen LogP contribution < -0.4 is 0 Å². The number of rotatable bonds is 1. The summed E-state index contributed by atoms with van der Waals surface area (Å²) in [7, 11) is 0. The molecule has 2 fully saturated rings. The van der Waals surface area contributed by atoms with Crippen molar-refractivity contribution in [1.82, 2.24) is 0 Å². The van der Waals surface area contributed by atoms with Gasteiger partial charge in [0.1, 0.15) is 0 Å². The molecule has 0 amide bonds. The van der Waals surface area contributed by atoms with Crippen LogP contribution in [0.25, 0.3) is 0 Å². The van der Waals surface area contributed by atoms with E-state index in [1.807, 2.05) is 0 Å². The fourth-order valence-corrected chi connectivity index (χ4v) is 3.11. The van der Waals surface area contributed by atoms with E-state index in [4.69, 9.17) is 11.6 Å². The third-order valence-electron chi connectivity index (χ3n) is 3.37. The summed E-state index contributed by atoms with van der Waals surface area (Å²) in [6.45, 7) is 0. The second-order valence-corrected chi connectivity index (χ2v) is 4.22. The van der Waals surface area contributed by atoms with Crippen LogP contribution in [-0.4, -0.2) is 5.24 Å². The van der Waals surface area contributed by atoms with Gasteiger partial charge >= 0.3 is 0 Å². The first-order chi connectivity index (χ1) is 5.29. The second-order valence-electron chi connectivity index (χ2n) is 3.84. The molecule has 62 valence electrons. The molecule has 3 atom stereocenters. The molecule has 0 aromatic rings. The van der Waals surface area contributed by atoms with Gasteiger partial charge in [0.25, 0.3) is 0 Å². The third kappa shape index (κ3) is 1.20. The van der Waals surface area contributed by atoms with E-state index in [-0.39, 0.29) is 11.2 Å². The Hall–Kier alpha value is -0.0400. The van der Waals surface area contributed by atoms with Gasteiger partial charge in [-0.3, -0.25) is 4.79 Å². The van der Waals surface area contributed by atoms with E-state index >= 15 is 0 Å². The maximum Gasteiger partial charge on any atom is 0.225 e. The van der Waals surface area contributed by atoms with Crippen LogP contribution in [0.5, 0.6) is 0 Å². The molecular weight excluding hydrogens is 160 g/mol. The molecule has 2 saturated carbocycles. The first-order valence-corrected chi connectivity index (χ1v) is 4.86. The second kappa shape index (κ2) is 2.78. The van der Waals surface area contributed by atoms with Gasteiger partial charge in [0.15, 0.2) is 0 Å². The summed E-state index contributed by atoms with van der Waals surface area (Å²) in [6, 6.07) is 0. The lowest BCUT2D eigenvalue weighted by molar-refractivity contribution is -0.116. The van der Waals surface area contributed by atoms with Crippen molar-refractivity contribution >= 4 is 16.8 Å². The Bertz CT molecular complexity index is 178. The van der Waals surface area contributed by atoms with Crippen LogP contribution in [0.2, 0.25) is 0 Å². The van der Waals surface area contributed by atoms with Gasteiger partial charge in [-0.1, -0.05) is 12.8 Å². The van der Waals surface area contributed by atoms with Crippen LogP contribution in [0.1, 0.15) is 32.1 Å². The number of carbonyl (C=O) groups excluding carboxylic acids is 1. The Labute approximate surface area is 72.1 Å². The molecule has 2 aliphatic rings. The summed E-state index contributed by atoms with van der Waals surface area (Å²) in [5.41, 5.74) is 0. The van der Waals surface area contributed by atoms with Gasteiger partial charge in [0.05, 0.1) is 0 Å². The summed E-state index contributed by atoms with van der Waals surface area (Å²) >= 11 is 5.51. The molecule has 0 bridgehead atoms.